The Morgan fingerprint density at radius 1 is 1.17 bits per heavy atom. The van der Waals surface area contributed by atoms with Crippen molar-refractivity contribution in [2.75, 3.05) is 6.26 Å². The normalized spacial score (nSPS) is 30.5. The van der Waals surface area contributed by atoms with E-state index in [1.807, 2.05) is 42.1 Å². The summed E-state index contributed by atoms with van der Waals surface area (Å²) in [5.74, 6) is 0.239. The van der Waals surface area contributed by atoms with Gasteiger partial charge in [-0.2, -0.15) is 11.8 Å². The van der Waals surface area contributed by atoms with E-state index in [1.165, 1.54) is 25.7 Å². The number of carbonyl (C=O) groups excluding carboxylic acids is 1. The van der Waals surface area contributed by atoms with Gasteiger partial charge in [0.2, 0.25) is 0 Å². The largest absolute Gasteiger partial charge is 0.333 e. The van der Waals surface area contributed by atoms with Gasteiger partial charge in [0.05, 0.1) is 0 Å². The summed E-state index contributed by atoms with van der Waals surface area (Å²) in [7, 11) is 0. The molecule has 0 aliphatic carbocycles. The minimum atomic E-state index is 0.239. The highest BCUT2D eigenvalue weighted by Crippen LogP contribution is 2.40. The highest BCUT2D eigenvalue weighted by atomic mass is 32.2. The van der Waals surface area contributed by atoms with E-state index in [1.54, 1.807) is 0 Å². The Labute approximate surface area is 113 Å². The number of nitrogens with zero attached hydrogens (tertiary/aromatic N) is 1. The van der Waals surface area contributed by atoms with Gasteiger partial charge in [0.1, 0.15) is 0 Å². The maximum absolute atomic E-state index is 12.6. The highest BCUT2D eigenvalue weighted by molar-refractivity contribution is 7.99. The number of hydrogen-bond donors (Lipinski definition) is 0. The number of benzene rings is 1. The third-order valence-electron chi connectivity index (χ3n) is 4.28. The number of amides is 1. The molecule has 1 aromatic carbocycles. The van der Waals surface area contributed by atoms with Gasteiger partial charge < -0.3 is 4.90 Å². The van der Waals surface area contributed by atoms with E-state index in [9.17, 15) is 4.79 Å². The molecule has 2 saturated heterocycles. The lowest BCUT2D eigenvalue weighted by atomic mass is 10.0. The second-order valence-corrected chi connectivity index (χ2v) is 6.43. The molecular weight excluding hydrogens is 242 g/mol. The third-order valence-corrected chi connectivity index (χ3v) is 5.33. The lowest BCUT2D eigenvalue weighted by Crippen LogP contribution is -2.47. The molecule has 18 heavy (non-hydrogen) atoms. The fraction of sp³-hybridized carbons (Fsp3) is 0.533. The molecule has 2 unspecified atom stereocenters. The summed E-state index contributed by atoms with van der Waals surface area (Å²) in [5, 5.41) is 0.752. The Morgan fingerprint density at radius 3 is 2.33 bits per heavy atom. The average Bonchev–Trinajstić information content (AvgIpc) is 2.69. The lowest BCUT2D eigenvalue weighted by Gasteiger charge is -2.38. The molecule has 1 aromatic rings. The average molecular weight is 261 g/mol. The van der Waals surface area contributed by atoms with E-state index in [2.05, 4.69) is 11.2 Å². The molecule has 2 nitrogen and oxygen atoms in total. The van der Waals surface area contributed by atoms with Crippen LogP contribution in [0.3, 0.4) is 0 Å². The predicted molar refractivity (Wildman–Crippen MR) is 76.0 cm³/mol. The van der Waals surface area contributed by atoms with Gasteiger partial charge in [0.15, 0.2) is 0 Å². The van der Waals surface area contributed by atoms with E-state index >= 15 is 0 Å². The number of carbonyl (C=O) groups is 1. The van der Waals surface area contributed by atoms with Crippen LogP contribution in [0.25, 0.3) is 0 Å². The Hall–Kier alpha value is -0.960. The molecule has 0 saturated carbocycles. The first-order valence-electron chi connectivity index (χ1n) is 6.70. The molecule has 2 aliphatic rings. The summed E-state index contributed by atoms with van der Waals surface area (Å²) in [5.41, 5.74) is 0.844. The molecule has 0 aromatic heterocycles. The quantitative estimate of drug-likeness (QED) is 0.815. The molecule has 0 spiro atoms. The zero-order valence-corrected chi connectivity index (χ0v) is 11.5. The molecule has 0 N–H and O–H groups in total. The molecule has 2 fully saturated rings. The van der Waals surface area contributed by atoms with Crippen molar-refractivity contribution in [1.82, 2.24) is 4.90 Å². The van der Waals surface area contributed by atoms with Gasteiger partial charge in [-0.05, 0) is 44.1 Å². The Balaban J connectivity index is 1.80. The second-order valence-electron chi connectivity index (χ2n) is 5.29. The van der Waals surface area contributed by atoms with Crippen LogP contribution >= 0.6 is 11.8 Å². The Bertz CT molecular complexity index is 419. The van der Waals surface area contributed by atoms with Crippen LogP contribution in [0.2, 0.25) is 0 Å². The first-order chi connectivity index (χ1) is 8.79. The topological polar surface area (TPSA) is 20.3 Å². The van der Waals surface area contributed by atoms with Crippen molar-refractivity contribution in [2.45, 2.75) is 43.0 Å². The van der Waals surface area contributed by atoms with Crippen LogP contribution in [0, 0.1) is 0 Å². The van der Waals surface area contributed by atoms with E-state index < -0.39 is 0 Å². The van der Waals surface area contributed by atoms with E-state index in [-0.39, 0.29) is 5.91 Å². The van der Waals surface area contributed by atoms with Gasteiger partial charge in [-0.15, -0.1) is 0 Å². The van der Waals surface area contributed by atoms with Crippen LogP contribution in [0.4, 0.5) is 0 Å². The maximum atomic E-state index is 12.6. The van der Waals surface area contributed by atoms with Gasteiger partial charge in [0, 0.05) is 22.9 Å². The Morgan fingerprint density at radius 2 is 1.78 bits per heavy atom. The van der Waals surface area contributed by atoms with Gasteiger partial charge in [0.25, 0.3) is 5.91 Å². The molecule has 3 rings (SSSR count). The maximum Gasteiger partial charge on any atom is 0.254 e. The van der Waals surface area contributed by atoms with Crippen molar-refractivity contribution in [3.8, 4) is 0 Å². The number of thioether (sulfide) groups is 1. The van der Waals surface area contributed by atoms with E-state index in [0.29, 0.717) is 12.1 Å². The first kappa shape index (κ1) is 12.1. The summed E-state index contributed by atoms with van der Waals surface area (Å²) >= 11 is 1.96. The minimum absolute atomic E-state index is 0.239. The van der Waals surface area contributed by atoms with Crippen LogP contribution in [0.1, 0.15) is 36.0 Å². The summed E-state index contributed by atoms with van der Waals surface area (Å²) in [6.45, 7) is 0. The van der Waals surface area contributed by atoms with E-state index in [4.69, 9.17) is 0 Å². The first-order valence-corrected chi connectivity index (χ1v) is 7.99. The van der Waals surface area contributed by atoms with Crippen LogP contribution in [-0.2, 0) is 0 Å². The SMILES string of the molecule is CSC1CC2CCC(C1)N2C(=O)c1ccccc1. The fourth-order valence-corrected chi connectivity index (χ4v) is 4.21. The molecule has 1 amide bonds. The van der Waals surface area contributed by atoms with Crippen LogP contribution in [0.15, 0.2) is 30.3 Å². The van der Waals surface area contributed by atoms with Crippen LogP contribution in [-0.4, -0.2) is 34.4 Å². The number of rotatable bonds is 2. The molecule has 2 bridgehead atoms. The molecule has 96 valence electrons. The van der Waals surface area contributed by atoms with Gasteiger partial charge in [-0.1, -0.05) is 18.2 Å². The van der Waals surface area contributed by atoms with Crippen molar-refractivity contribution >= 4 is 17.7 Å². The second kappa shape index (κ2) is 4.96. The minimum Gasteiger partial charge on any atom is -0.333 e. The van der Waals surface area contributed by atoms with Crippen LogP contribution in [0.5, 0.6) is 0 Å². The summed E-state index contributed by atoms with van der Waals surface area (Å²) in [4.78, 5) is 14.7. The van der Waals surface area contributed by atoms with Gasteiger partial charge >= 0.3 is 0 Å². The monoisotopic (exact) mass is 261 g/mol. The molecule has 2 atom stereocenters. The molecule has 0 radical (unpaired) electrons. The third kappa shape index (κ3) is 2.05. The number of hydrogen-bond acceptors (Lipinski definition) is 2. The summed E-state index contributed by atoms with van der Waals surface area (Å²) in [6, 6.07) is 10.7. The number of fused-ring (bicyclic) bond motifs is 2. The lowest BCUT2D eigenvalue weighted by molar-refractivity contribution is 0.0601. The predicted octanol–water partition coefficient (Wildman–Crippen LogP) is 3.19. The summed E-state index contributed by atoms with van der Waals surface area (Å²) < 4.78 is 0. The van der Waals surface area contributed by atoms with E-state index in [0.717, 1.165) is 10.8 Å². The molecular formula is C15H19NOS. The molecule has 2 heterocycles. The smallest absolute Gasteiger partial charge is 0.254 e. The standard InChI is InChI=1S/C15H19NOS/c1-18-14-9-12-7-8-13(10-14)16(12)15(17)11-5-3-2-4-6-11/h2-6,12-14H,7-10H2,1H3. The Kier molecular flexibility index (Phi) is 3.33. The zero-order chi connectivity index (χ0) is 12.5. The van der Waals surface area contributed by atoms with Crippen molar-refractivity contribution in [1.29, 1.82) is 0 Å². The summed E-state index contributed by atoms with van der Waals surface area (Å²) in [6.07, 6.45) is 6.94. The van der Waals surface area contributed by atoms with Gasteiger partial charge in [-0.25, -0.2) is 0 Å². The molecule has 2 aliphatic heterocycles. The van der Waals surface area contributed by atoms with Gasteiger partial charge in [-0.3, -0.25) is 4.79 Å². The number of piperidine rings is 1. The van der Waals surface area contributed by atoms with Crippen molar-refractivity contribution in [3.63, 3.8) is 0 Å². The highest BCUT2D eigenvalue weighted by Gasteiger charge is 2.42. The van der Waals surface area contributed by atoms with Crippen molar-refractivity contribution in [3.05, 3.63) is 35.9 Å². The zero-order valence-electron chi connectivity index (χ0n) is 10.7. The van der Waals surface area contributed by atoms with Crippen molar-refractivity contribution < 1.29 is 4.79 Å². The van der Waals surface area contributed by atoms with Crippen molar-refractivity contribution in [2.24, 2.45) is 0 Å². The molecule has 3 heteroatoms. The fourth-order valence-electron chi connectivity index (χ4n) is 3.38. The van der Waals surface area contributed by atoms with Crippen LogP contribution < -0.4 is 0 Å².